The van der Waals surface area contributed by atoms with E-state index in [0.29, 0.717) is 17.1 Å². The molecule has 30 heavy (non-hydrogen) atoms. The first kappa shape index (κ1) is 21.4. The van der Waals surface area contributed by atoms with Crippen LogP contribution in [0.4, 0.5) is 11.4 Å². The average molecular weight is 430 g/mol. The molecular weight excluding hydrogens is 410 g/mol. The zero-order valence-electron chi connectivity index (χ0n) is 16.4. The van der Waals surface area contributed by atoms with Crippen molar-refractivity contribution in [2.45, 2.75) is 38.8 Å². The summed E-state index contributed by atoms with van der Waals surface area (Å²) in [6.45, 7) is 3.63. The SMILES string of the molecule is CCC(C)N(C(=O)c1cccc([N+](=O)[O-])c1)C1CC(=O)N(c2ccc(Cl)cc2)C1=O. The normalized spacial score (nSPS) is 17.2. The molecule has 1 saturated heterocycles. The van der Waals surface area contributed by atoms with Crippen molar-refractivity contribution in [3.8, 4) is 0 Å². The topological polar surface area (TPSA) is 101 Å². The smallest absolute Gasteiger partial charge is 0.270 e. The maximum absolute atomic E-state index is 13.3. The summed E-state index contributed by atoms with van der Waals surface area (Å²) in [5.74, 6) is -1.47. The van der Waals surface area contributed by atoms with Crippen LogP contribution in [0.3, 0.4) is 0 Å². The summed E-state index contributed by atoms with van der Waals surface area (Å²) in [5.41, 5.74) is 0.250. The molecule has 2 aromatic rings. The third kappa shape index (κ3) is 4.04. The fraction of sp³-hybridized carbons (Fsp3) is 0.286. The molecule has 9 heteroatoms. The van der Waals surface area contributed by atoms with E-state index in [2.05, 4.69) is 0 Å². The van der Waals surface area contributed by atoms with Crippen LogP contribution in [-0.4, -0.2) is 39.6 Å². The molecule has 2 unspecified atom stereocenters. The molecule has 0 bridgehead atoms. The summed E-state index contributed by atoms with van der Waals surface area (Å²) in [7, 11) is 0. The Morgan fingerprint density at radius 1 is 1.27 bits per heavy atom. The fourth-order valence-corrected chi connectivity index (χ4v) is 3.57. The molecule has 2 aromatic carbocycles. The van der Waals surface area contributed by atoms with E-state index in [-0.39, 0.29) is 23.7 Å². The number of carbonyl (C=O) groups excluding carboxylic acids is 3. The van der Waals surface area contributed by atoms with Gasteiger partial charge in [-0.15, -0.1) is 0 Å². The van der Waals surface area contributed by atoms with E-state index in [1.165, 1.54) is 29.2 Å². The second-order valence-corrected chi connectivity index (χ2v) is 7.48. The lowest BCUT2D eigenvalue weighted by molar-refractivity contribution is -0.384. The van der Waals surface area contributed by atoms with Crippen molar-refractivity contribution < 1.29 is 19.3 Å². The highest BCUT2D eigenvalue weighted by Gasteiger charge is 2.45. The van der Waals surface area contributed by atoms with Crippen molar-refractivity contribution in [1.82, 2.24) is 4.90 Å². The molecule has 156 valence electrons. The molecule has 0 saturated carbocycles. The lowest BCUT2D eigenvalue weighted by Gasteiger charge is -2.32. The molecule has 1 aliphatic rings. The second kappa shape index (κ2) is 8.62. The number of halogens is 1. The Kier molecular flexibility index (Phi) is 6.17. The van der Waals surface area contributed by atoms with Crippen LogP contribution in [0.1, 0.15) is 37.0 Å². The number of nitrogens with zero attached hydrogens (tertiary/aromatic N) is 3. The van der Waals surface area contributed by atoms with Crippen LogP contribution in [0.5, 0.6) is 0 Å². The van der Waals surface area contributed by atoms with E-state index in [1.54, 1.807) is 31.2 Å². The van der Waals surface area contributed by atoms with E-state index in [0.717, 1.165) is 4.90 Å². The zero-order valence-corrected chi connectivity index (χ0v) is 17.2. The fourth-order valence-electron chi connectivity index (χ4n) is 3.44. The lowest BCUT2D eigenvalue weighted by atomic mass is 10.1. The Morgan fingerprint density at radius 2 is 1.93 bits per heavy atom. The minimum atomic E-state index is -0.991. The molecule has 1 fully saturated rings. The van der Waals surface area contributed by atoms with Gasteiger partial charge in [-0.25, -0.2) is 4.90 Å². The third-order valence-corrected chi connectivity index (χ3v) is 5.40. The predicted molar refractivity (Wildman–Crippen MR) is 111 cm³/mol. The number of benzene rings is 2. The van der Waals surface area contributed by atoms with Crippen molar-refractivity contribution in [3.63, 3.8) is 0 Å². The maximum Gasteiger partial charge on any atom is 0.270 e. The lowest BCUT2D eigenvalue weighted by Crippen LogP contribution is -2.49. The standard InChI is InChI=1S/C21H20ClN3O5/c1-3-13(2)23(20(27)14-5-4-6-17(11-14)25(29)30)18-12-19(26)24(21(18)28)16-9-7-15(22)8-10-16/h4-11,13,18H,3,12H2,1-2H3. The molecule has 1 aliphatic heterocycles. The quantitative estimate of drug-likeness (QED) is 0.394. The number of hydrogen-bond acceptors (Lipinski definition) is 5. The monoisotopic (exact) mass is 429 g/mol. The largest absolute Gasteiger partial charge is 0.323 e. The van der Waals surface area contributed by atoms with E-state index in [4.69, 9.17) is 11.6 Å². The van der Waals surface area contributed by atoms with Gasteiger partial charge in [0.15, 0.2) is 0 Å². The minimum Gasteiger partial charge on any atom is -0.323 e. The van der Waals surface area contributed by atoms with Gasteiger partial charge in [0.25, 0.3) is 17.5 Å². The molecule has 2 atom stereocenters. The molecule has 3 rings (SSSR count). The molecule has 0 N–H and O–H groups in total. The summed E-state index contributed by atoms with van der Waals surface area (Å²) in [5, 5.41) is 11.5. The number of nitro groups is 1. The molecule has 0 radical (unpaired) electrons. The average Bonchev–Trinajstić information content (AvgIpc) is 3.02. The van der Waals surface area contributed by atoms with Crippen molar-refractivity contribution in [3.05, 3.63) is 69.2 Å². The molecule has 0 aromatic heterocycles. The van der Waals surface area contributed by atoms with Crippen LogP contribution in [0.15, 0.2) is 48.5 Å². The van der Waals surface area contributed by atoms with Gasteiger partial charge in [0.05, 0.1) is 17.0 Å². The summed E-state index contributed by atoms with van der Waals surface area (Å²) in [4.78, 5) is 51.9. The predicted octanol–water partition coefficient (Wildman–Crippen LogP) is 3.82. The highest BCUT2D eigenvalue weighted by Crippen LogP contribution is 2.29. The third-order valence-electron chi connectivity index (χ3n) is 5.15. The number of rotatable bonds is 6. The van der Waals surface area contributed by atoms with Crippen LogP contribution in [-0.2, 0) is 9.59 Å². The van der Waals surface area contributed by atoms with E-state index in [1.807, 2.05) is 6.92 Å². The zero-order chi connectivity index (χ0) is 22.0. The number of nitro benzene ring substituents is 1. The second-order valence-electron chi connectivity index (χ2n) is 7.04. The van der Waals surface area contributed by atoms with Gasteiger partial charge in [0.2, 0.25) is 5.91 Å². The Labute approximate surface area is 178 Å². The van der Waals surface area contributed by atoms with Crippen molar-refractivity contribution >= 4 is 40.7 Å². The molecule has 0 aliphatic carbocycles. The molecule has 1 heterocycles. The summed E-state index contributed by atoms with van der Waals surface area (Å²) in [6.07, 6.45) is 0.381. The number of hydrogen-bond donors (Lipinski definition) is 0. The van der Waals surface area contributed by atoms with Gasteiger partial charge < -0.3 is 4.90 Å². The van der Waals surface area contributed by atoms with Crippen LogP contribution in [0, 0.1) is 10.1 Å². The minimum absolute atomic E-state index is 0.0923. The van der Waals surface area contributed by atoms with E-state index < -0.39 is 28.7 Å². The van der Waals surface area contributed by atoms with Gasteiger partial charge in [-0.05, 0) is 43.7 Å². The van der Waals surface area contributed by atoms with Crippen LogP contribution < -0.4 is 4.90 Å². The summed E-state index contributed by atoms with van der Waals surface area (Å²) in [6, 6.07) is 10.3. The Bertz CT molecular complexity index is 1010. The number of amides is 3. The highest BCUT2D eigenvalue weighted by atomic mass is 35.5. The van der Waals surface area contributed by atoms with Crippen molar-refractivity contribution in [1.29, 1.82) is 0 Å². The Balaban J connectivity index is 1.96. The van der Waals surface area contributed by atoms with Crippen molar-refractivity contribution in [2.75, 3.05) is 4.90 Å². The van der Waals surface area contributed by atoms with Gasteiger partial charge in [-0.1, -0.05) is 24.6 Å². The molecule has 0 spiro atoms. The first-order valence-electron chi connectivity index (χ1n) is 9.44. The van der Waals surface area contributed by atoms with Gasteiger partial charge in [-0.2, -0.15) is 0 Å². The van der Waals surface area contributed by atoms with Gasteiger partial charge >= 0.3 is 0 Å². The van der Waals surface area contributed by atoms with Crippen LogP contribution >= 0.6 is 11.6 Å². The molecule has 8 nitrogen and oxygen atoms in total. The molecule has 3 amide bonds. The first-order valence-corrected chi connectivity index (χ1v) is 9.81. The number of carbonyl (C=O) groups is 3. The van der Waals surface area contributed by atoms with Gasteiger partial charge in [-0.3, -0.25) is 24.5 Å². The van der Waals surface area contributed by atoms with Crippen LogP contribution in [0.2, 0.25) is 5.02 Å². The number of non-ortho nitro benzene ring substituents is 1. The highest BCUT2D eigenvalue weighted by molar-refractivity contribution is 6.31. The maximum atomic E-state index is 13.3. The number of imide groups is 1. The van der Waals surface area contributed by atoms with E-state index >= 15 is 0 Å². The van der Waals surface area contributed by atoms with E-state index in [9.17, 15) is 24.5 Å². The summed E-state index contributed by atoms with van der Waals surface area (Å²) >= 11 is 5.89. The Hall–Kier alpha value is -3.26. The molecular formula is C21H20ClN3O5. The Morgan fingerprint density at radius 3 is 2.53 bits per heavy atom. The van der Waals surface area contributed by atoms with Gasteiger partial charge in [0.1, 0.15) is 6.04 Å². The van der Waals surface area contributed by atoms with Crippen molar-refractivity contribution in [2.24, 2.45) is 0 Å². The number of anilines is 1. The first-order chi connectivity index (χ1) is 14.2. The van der Waals surface area contributed by atoms with Crippen LogP contribution in [0.25, 0.3) is 0 Å². The van der Waals surface area contributed by atoms with Gasteiger partial charge in [0, 0.05) is 28.8 Å². The summed E-state index contributed by atoms with van der Waals surface area (Å²) < 4.78 is 0.